The zero-order chi connectivity index (χ0) is 24.9. The fraction of sp³-hybridized carbons (Fsp3) is 0.519. The Labute approximate surface area is 201 Å². The van der Waals surface area contributed by atoms with E-state index in [1.807, 2.05) is 0 Å². The maximum absolute atomic E-state index is 14.2. The van der Waals surface area contributed by atoms with Gasteiger partial charge in [0.2, 0.25) is 0 Å². The van der Waals surface area contributed by atoms with Gasteiger partial charge in [0.05, 0.1) is 13.0 Å². The number of rotatable bonds is 12. The highest BCUT2D eigenvalue weighted by molar-refractivity contribution is 5.94. The van der Waals surface area contributed by atoms with Crippen LogP contribution in [0, 0.1) is 11.7 Å². The van der Waals surface area contributed by atoms with Gasteiger partial charge in [-0.05, 0) is 56.7 Å². The summed E-state index contributed by atoms with van der Waals surface area (Å²) in [5.74, 6) is -1.93. The summed E-state index contributed by atoms with van der Waals surface area (Å²) in [6.45, 7) is 7.70. The highest BCUT2D eigenvalue weighted by atomic mass is 19.1. The van der Waals surface area contributed by atoms with Crippen molar-refractivity contribution in [2.45, 2.75) is 77.7 Å². The van der Waals surface area contributed by atoms with Crippen LogP contribution in [0.3, 0.4) is 0 Å². The first-order valence-electron chi connectivity index (χ1n) is 12.1. The predicted molar refractivity (Wildman–Crippen MR) is 127 cm³/mol. The molecule has 186 valence electrons. The predicted octanol–water partition coefficient (Wildman–Crippen LogP) is 5.94. The Morgan fingerprint density at radius 3 is 2.50 bits per heavy atom. The molecular formula is C27H35FO6. The van der Waals surface area contributed by atoms with Gasteiger partial charge in [-0.3, -0.25) is 4.79 Å². The third-order valence-corrected chi connectivity index (χ3v) is 5.82. The molecule has 34 heavy (non-hydrogen) atoms. The minimum Gasteiger partial charge on any atom is -0.463 e. The summed E-state index contributed by atoms with van der Waals surface area (Å²) in [5, 5.41) is 0. The molecule has 0 aromatic heterocycles. The Morgan fingerprint density at radius 2 is 1.85 bits per heavy atom. The summed E-state index contributed by atoms with van der Waals surface area (Å²) in [7, 11) is 0. The summed E-state index contributed by atoms with van der Waals surface area (Å²) in [4.78, 5) is 35.9. The fourth-order valence-electron chi connectivity index (χ4n) is 3.93. The SMILES string of the molecule is C=C(CC(=O)OC1CCC(CCCCC)CC1)C(=O)Oc1ccc(/C=C/C(=O)OCC)c(F)c1. The first kappa shape index (κ1) is 27.3. The van der Waals surface area contributed by atoms with E-state index in [0.29, 0.717) is 5.92 Å². The van der Waals surface area contributed by atoms with Crippen LogP contribution in [0.2, 0.25) is 0 Å². The zero-order valence-electron chi connectivity index (χ0n) is 20.1. The van der Waals surface area contributed by atoms with Crippen LogP contribution in [0.5, 0.6) is 5.75 Å². The third kappa shape index (κ3) is 9.49. The van der Waals surface area contributed by atoms with E-state index in [4.69, 9.17) is 14.2 Å². The van der Waals surface area contributed by atoms with E-state index in [9.17, 15) is 18.8 Å². The lowest BCUT2D eigenvalue weighted by atomic mass is 9.84. The lowest BCUT2D eigenvalue weighted by Gasteiger charge is -2.28. The van der Waals surface area contributed by atoms with Crippen molar-refractivity contribution in [3.8, 4) is 5.75 Å². The molecule has 0 aliphatic heterocycles. The van der Waals surface area contributed by atoms with Crippen LogP contribution >= 0.6 is 0 Å². The molecule has 1 saturated carbocycles. The zero-order valence-corrected chi connectivity index (χ0v) is 20.1. The Balaban J connectivity index is 1.77. The summed E-state index contributed by atoms with van der Waals surface area (Å²) in [6.07, 6.45) is 10.7. The van der Waals surface area contributed by atoms with Crippen molar-refractivity contribution < 1.29 is 33.0 Å². The molecule has 0 atom stereocenters. The highest BCUT2D eigenvalue weighted by Gasteiger charge is 2.25. The van der Waals surface area contributed by atoms with Gasteiger partial charge in [0, 0.05) is 23.3 Å². The molecule has 0 spiro atoms. The molecule has 7 heteroatoms. The van der Waals surface area contributed by atoms with Crippen molar-refractivity contribution in [2.75, 3.05) is 6.61 Å². The number of benzene rings is 1. The number of unbranched alkanes of at least 4 members (excludes halogenated alkanes) is 2. The Kier molecular flexibility index (Phi) is 11.5. The van der Waals surface area contributed by atoms with Crippen LogP contribution in [-0.2, 0) is 23.9 Å². The molecule has 1 aromatic carbocycles. The van der Waals surface area contributed by atoms with Crippen molar-refractivity contribution in [1.29, 1.82) is 0 Å². The molecule has 1 aromatic rings. The second kappa shape index (κ2) is 14.3. The summed E-state index contributed by atoms with van der Waals surface area (Å²) in [6, 6.07) is 3.77. The van der Waals surface area contributed by atoms with E-state index in [-0.39, 0.29) is 36.0 Å². The molecule has 1 aliphatic rings. The average Bonchev–Trinajstić information content (AvgIpc) is 2.80. The van der Waals surface area contributed by atoms with Crippen molar-refractivity contribution >= 4 is 24.0 Å². The van der Waals surface area contributed by atoms with Gasteiger partial charge in [-0.2, -0.15) is 0 Å². The Hall–Kier alpha value is -2.96. The van der Waals surface area contributed by atoms with Crippen LogP contribution in [-0.4, -0.2) is 30.6 Å². The van der Waals surface area contributed by atoms with Crippen molar-refractivity contribution in [3.63, 3.8) is 0 Å². The number of hydrogen-bond acceptors (Lipinski definition) is 6. The Morgan fingerprint density at radius 1 is 1.12 bits per heavy atom. The van der Waals surface area contributed by atoms with Crippen LogP contribution < -0.4 is 4.74 Å². The smallest absolute Gasteiger partial charge is 0.339 e. The summed E-state index contributed by atoms with van der Waals surface area (Å²) in [5.41, 5.74) is 0.0697. The van der Waals surface area contributed by atoms with Crippen molar-refractivity contribution in [2.24, 2.45) is 5.92 Å². The molecule has 0 amide bonds. The fourth-order valence-corrected chi connectivity index (χ4v) is 3.93. The molecule has 1 aliphatic carbocycles. The average molecular weight is 475 g/mol. The van der Waals surface area contributed by atoms with Crippen LogP contribution in [0.4, 0.5) is 4.39 Å². The van der Waals surface area contributed by atoms with Crippen molar-refractivity contribution in [3.05, 3.63) is 47.8 Å². The first-order valence-corrected chi connectivity index (χ1v) is 12.1. The summed E-state index contributed by atoms with van der Waals surface area (Å²) >= 11 is 0. The molecule has 0 radical (unpaired) electrons. The molecule has 0 heterocycles. The monoisotopic (exact) mass is 474 g/mol. The molecule has 0 unspecified atom stereocenters. The van der Waals surface area contributed by atoms with Crippen LogP contribution in [0.25, 0.3) is 6.08 Å². The van der Waals surface area contributed by atoms with E-state index in [2.05, 4.69) is 13.5 Å². The molecule has 2 rings (SSSR count). The number of carbonyl (C=O) groups excluding carboxylic acids is 3. The molecular weight excluding hydrogens is 439 g/mol. The third-order valence-electron chi connectivity index (χ3n) is 5.82. The van der Waals surface area contributed by atoms with E-state index >= 15 is 0 Å². The molecule has 6 nitrogen and oxygen atoms in total. The quantitative estimate of drug-likeness (QED) is 0.162. The number of halogens is 1. The normalized spacial score (nSPS) is 17.9. The van der Waals surface area contributed by atoms with E-state index in [1.54, 1.807) is 6.92 Å². The first-order chi connectivity index (χ1) is 16.3. The van der Waals surface area contributed by atoms with Gasteiger partial charge >= 0.3 is 17.9 Å². The molecule has 0 N–H and O–H groups in total. The van der Waals surface area contributed by atoms with Gasteiger partial charge < -0.3 is 14.2 Å². The minimum absolute atomic E-state index is 0.0355. The topological polar surface area (TPSA) is 78.9 Å². The standard InChI is InChI=1S/C27H35FO6/c1-4-6-7-8-20-9-13-22(14-10-20)33-26(30)17-19(3)27(31)34-23-15-11-21(24(28)18-23)12-16-25(29)32-5-2/h11-12,15-16,18,20,22H,3-10,13-14,17H2,1-2H3/b16-12+. The largest absolute Gasteiger partial charge is 0.463 e. The molecule has 0 bridgehead atoms. The minimum atomic E-state index is -0.828. The molecule has 1 fully saturated rings. The van der Waals surface area contributed by atoms with Crippen molar-refractivity contribution in [1.82, 2.24) is 0 Å². The van der Waals surface area contributed by atoms with Crippen LogP contribution in [0.15, 0.2) is 36.4 Å². The number of carbonyl (C=O) groups is 3. The number of esters is 3. The maximum Gasteiger partial charge on any atom is 0.339 e. The van der Waals surface area contributed by atoms with E-state index < -0.39 is 23.7 Å². The van der Waals surface area contributed by atoms with Gasteiger partial charge in [0.1, 0.15) is 17.7 Å². The second-order valence-corrected chi connectivity index (χ2v) is 8.57. The van der Waals surface area contributed by atoms with E-state index in [0.717, 1.165) is 37.8 Å². The lowest BCUT2D eigenvalue weighted by molar-refractivity contribution is -0.151. The number of ether oxygens (including phenoxy) is 3. The highest BCUT2D eigenvalue weighted by Crippen LogP contribution is 2.30. The number of hydrogen-bond donors (Lipinski definition) is 0. The van der Waals surface area contributed by atoms with Gasteiger partial charge in [0.15, 0.2) is 0 Å². The second-order valence-electron chi connectivity index (χ2n) is 8.57. The van der Waals surface area contributed by atoms with Gasteiger partial charge in [-0.1, -0.05) is 39.2 Å². The maximum atomic E-state index is 14.2. The van der Waals surface area contributed by atoms with E-state index in [1.165, 1.54) is 43.9 Å². The lowest BCUT2D eigenvalue weighted by Crippen LogP contribution is -2.25. The Bertz CT molecular complexity index is 883. The van der Waals surface area contributed by atoms with Gasteiger partial charge in [-0.25, -0.2) is 14.0 Å². The van der Waals surface area contributed by atoms with Gasteiger partial charge in [0.25, 0.3) is 0 Å². The molecule has 0 saturated heterocycles. The summed E-state index contributed by atoms with van der Waals surface area (Å²) < 4.78 is 29.6. The van der Waals surface area contributed by atoms with Crippen LogP contribution in [0.1, 0.15) is 77.2 Å². The van der Waals surface area contributed by atoms with Gasteiger partial charge in [-0.15, -0.1) is 0 Å².